The van der Waals surface area contributed by atoms with E-state index in [1.54, 1.807) is 31.2 Å². The summed E-state index contributed by atoms with van der Waals surface area (Å²) < 4.78 is 4.49. The van der Waals surface area contributed by atoms with E-state index in [2.05, 4.69) is 4.74 Å². The third-order valence-electron chi connectivity index (χ3n) is 1.86. The normalized spacial score (nSPS) is 11.1. The maximum atomic E-state index is 10.9. The van der Waals surface area contributed by atoms with E-state index in [4.69, 9.17) is 0 Å². The number of aromatic hydroxyl groups is 1. The van der Waals surface area contributed by atoms with Crippen LogP contribution in [0.5, 0.6) is 5.75 Å². The Hall–Kier alpha value is -1.77. The minimum absolute atomic E-state index is 0.158. The number of benzene rings is 1. The molecular weight excluding hydrogens is 180 g/mol. The lowest BCUT2D eigenvalue weighted by molar-refractivity contribution is -0.134. The van der Waals surface area contributed by atoms with E-state index in [9.17, 15) is 9.90 Å². The minimum Gasteiger partial charge on any atom is -0.507 e. The largest absolute Gasteiger partial charge is 0.507 e. The molecule has 0 atom stereocenters. The highest BCUT2D eigenvalue weighted by Gasteiger charge is 2.03. The van der Waals surface area contributed by atoms with Gasteiger partial charge in [0.2, 0.25) is 0 Å². The summed E-state index contributed by atoms with van der Waals surface area (Å²) in [7, 11) is 1.32. The lowest BCUT2D eigenvalue weighted by Crippen LogP contribution is -1.95. The van der Waals surface area contributed by atoms with Gasteiger partial charge in [-0.1, -0.05) is 18.2 Å². The van der Waals surface area contributed by atoms with Crippen LogP contribution in [0.3, 0.4) is 0 Å². The number of hydrogen-bond donors (Lipinski definition) is 1. The molecule has 1 N–H and O–H groups in total. The molecule has 0 heterocycles. The number of allylic oxidation sites excluding steroid dienone is 1. The van der Waals surface area contributed by atoms with Crippen molar-refractivity contribution < 1.29 is 14.6 Å². The number of carbonyl (C=O) groups is 1. The highest BCUT2D eigenvalue weighted by Crippen LogP contribution is 2.23. The van der Waals surface area contributed by atoms with E-state index >= 15 is 0 Å². The van der Waals surface area contributed by atoms with Crippen molar-refractivity contribution in [2.45, 2.75) is 6.92 Å². The molecule has 0 aliphatic carbocycles. The molecule has 1 aromatic carbocycles. The van der Waals surface area contributed by atoms with Gasteiger partial charge in [0.1, 0.15) is 5.75 Å². The quantitative estimate of drug-likeness (QED) is 0.575. The fourth-order valence-electron chi connectivity index (χ4n) is 1.12. The first-order chi connectivity index (χ1) is 6.65. The predicted octanol–water partition coefficient (Wildman–Crippen LogP) is 1.97. The monoisotopic (exact) mass is 192 g/mol. The van der Waals surface area contributed by atoms with Crippen molar-refractivity contribution in [2.24, 2.45) is 0 Å². The molecule has 0 amide bonds. The van der Waals surface area contributed by atoms with Crippen molar-refractivity contribution in [1.82, 2.24) is 0 Å². The zero-order chi connectivity index (χ0) is 10.6. The summed E-state index contributed by atoms with van der Waals surface area (Å²) in [6.45, 7) is 1.74. The molecule has 0 fully saturated rings. The maximum Gasteiger partial charge on any atom is 0.330 e. The number of phenols is 1. The summed E-state index contributed by atoms with van der Waals surface area (Å²) in [4.78, 5) is 10.9. The van der Waals surface area contributed by atoms with Crippen LogP contribution < -0.4 is 0 Å². The van der Waals surface area contributed by atoms with Crippen LogP contribution in [0.25, 0.3) is 5.57 Å². The predicted molar refractivity (Wildman–Crippen MR) is 53.8 cm³/mol. The van der Waals surface area contributed by atoms with Gasteiger partial charge < -0.3 is 9.84 Å². The van der Waals surface area contributed by atoms with Crippen LogP contribution in [-0.2, 0) is 9.53 Å². The number of ether oxygens (including phenoxy) is 1. The second-order valence-corrected chi connectivity index (χ2v) is 2.87. The van der Waals surface area contributed by atoms with Gasteiger partial charge in [-0.3, -0.25) is 0 Å². The van der Waals surface area contributed by atoms with E-state index in [1.165, 1.54) is 13.2 Å². The van der Waals surface area contributed by atoms with E-state index in [0.717, 1.165) is 0 Å². The Balaban J connectivity index is 3.00. The zero-order valence-electron chi connectivity index (χ0n) is 8.15. The fourth-order valence-corrected chi connectivity index (χ4v) is 1.12. The van der Waals surface area contributed by atoms with Crippen LogP contribution in [-0.4, -0.2) is 18.2 Å². The van der Waals surface area contributed by atoms with Gasteiger partial charge in [0, 0.05) is 11.6 Å². The molecule has 0 aromatic heterocycles. The summed E-state index contributed by atoms with van der Waals surface area (Å²) in [5.41, 5.74) is 1.31. The van der Waals surface area contributed by atoms with Gasteiger partial charge in [-0.2, -0.15) is 0 Å². The molecule has 3 nitrogen and oxygen atoms in total. The van der Waals surface area contributed by atoms with Crippen LogP contribution in [0.2, 0.25) is 0 Å². The van der Waals surface area contributed by atoms with Crippen molar-refractivity contribution in [1.29, 1.82) is 0 Å². The highest BCUT2D eigenvalue weighted by molar-refractivity contribution is 5.91. The molecule has 14 heavy (non-hydrogen) atoms. The third-order valence-corrected chi connectivity index (χ3v) is 1.86. The Morgan fingerprint density at radius 3 is 2.64 bits per heavy atom. The average molecular weight is 192 g/mol. The molecule has 74 valence electrons. The van der Waals surface area contributed by atoms with E-state index in [-0.39, 0.29) is 5.75 Å². The van der Waals surface area contributed by atoms with Crippen molar-refractivity contribution >= 4 is 11.5 Å². The molecule has 0 radical (unpaired) electrons. The average Bonchev–Trinajstić information content (AvgIpc) is 2.18. The van der Waals surface area contributed by atoms with Crippen molar-refractivity contribution in [3.8, 4) is 5.75 Å². The van der Waals surface area contributed by atoms with Crippen molar-refractivity contribution in [3.63, 3.8) is 0 Å². The number of phenolic OH excluding ortho intramolecular Hbond substituents is 1. The van der Waals surface area contributed by atoms with Gasteiger partial charge in [-0.25, -0.2) is 4.79 Å². The van der Waals surface area contributed by atoms with E-state index < -0.39 is 5.97 Å². The molecule has 3 heteroatoms. The Morgan fingerprint density at radius 2 is 2.07 bits per heavy atom. The standard InChI is InChI=1S/C11H12O3/c1-8(7-11(13)14-2)9-5-3-4-6-10(9)12/h3-7,12H,1-2H3/b8-7+. The lowest BCUT2D eigenvalue weighted by Gasteiger charge is -2.03. The first kappa shape index (κ1) is 10.3. The van der Waals surface area contributed by atoms with Crippen molar-refractivity contribution in [3.05, 3.63) is 35.9 Å². The van der Waals surface area contributed by atoms with Crippen LogP contribution in [0.15, 0.2) is 30.3 Å². The van der Waals surface area contributed by atoms with E-state index in [0.29, 0.717) is 11.1 Å². The highest BCUT2D eigenvalue weighted by atomic mass is 16.5. The second kappa shape index (κ2) is 4.46. The lowest BCUT2D eigenvalue weighted by atomic mass is 10.1. The van der Waals surface area contributed by atoms with Crippen LogP contribution >= 0.6 is 0 Å². The Bertz CT molecular complexity index is 367. The molecule has 0 unspecified atom stereocenters. The van der Waals surface area contributed by atoms with Gasteiger partial charge in [0.25, 0.3) is 0 Å². The molecule has 0 bridgehead atoms. The Morgan fingerprint density at radius 1 is 1.43 bits per heavy atom. The number of para-hydroxylation sites is 1. The summed E-state index contributed by atoms with van der Waals surface area (Å²) >= 11 is 0. The fraction of sp³-hybridized carbons (Fsp3) is 0.182. The zero-order valence-corrected chi connectivity index (χ0v) is 8.15. The first-order valence-electron chi connectivity index (χ1n) is 4.19. The summed E-state index contributed by atoms with van der Waals surface area (Å²) in [6, 6.07) is 6.84. The summed E-state index contributed by atoms with van der Waals surface area (Å²) in [6.07, 6.45) is 1.34. The molecule has 1 rings (SSSR count). The number of rotatable bonds is 2. The molecule has 1 aromatic rings. The van der Waals surface area contributed by atoms with Gasteiger partial charge in [-0.15, -0.1) is 0 Å². The van der Waals surface area contributed by atoms with Crippen LogP contribution in [0.4, 0.5) is 0 Å². The smallest absolute Gasteiger partial charge is 0.330 e. The van der Waals surface area contributed by atoms with Crippen molar-refractivity contribution in [2.75, 3.05) is 7.11 Å². The van der Waals surface area contributed by atoms with Crippen LogP contribution in [0, 0.1) is 0 Å². The first-order valence-corrected chi connectivity index (χ1v) is 4.19. The number of hydrogen-bond acceptors (Lipinski definition) is 3. The van der Waals surface area contributed by atoms with Gasteiger partial charge in [0.05, 0.1) is 7.11 Å². The van der Waals surface area contributed by atoms with E-state index in [1.807, 2.05) is 0 Å². The third kappa shape index (κ3) is 2.36. The minimum atomic E-state index is -0.425. The summed E-state index contributed by atoms with van der Waals surface area (Å²) in [5, 5.41) is 9.47. The van der Waals surface area contributed by atoms with Gasteiger partial charge in [-0.05, 0) is 18.6 Å². The molecule has 0 spiro atoms. The molecule has 0 aliphatic rings. The Labute approximate surface area is 82.6 Å². The van der Waals surface area contributed by atoms with Crippen LogP contribution in [0.1, 0.15) is 12.5 Å². The molecule has 0 saturated heterocycles. The number of esters is 1. The molecule has 0 aliphatic heterocycles. The molecule has 0 saturated carbocycles. The Kier molecular flexibility index (Phi) is 3.29. The topological polar surface area (TPSA) is 46.5 Å². The summed E-state index contributed by atoms with van der Waals surface area (Å²) in [5.74, 6) is -0.268. The van der Waals surface area contributed by atoms with Gasteiger partial charge in [0.15, 0.2) is 0 Å². The molecular formula is C11H12O3. The SMILES string of the molecule is COC(=O)/C=C(\C)c1ccccc1O. The maximum absolute atomic E-state index is 10.9. The number of carbonyl (C=O) groups excluding carboxylic acids is 1. The second-order valence-electron chi connectivity index (χ2n) is 2.87. The number of methoxy groups -OCH3 is 1. The van der Waals surface area contributed by atoms with Gasteiger partial charge >= 0.3 is 5.97 Å².